The number of hydrogen-bond acceptors (Lipinski definition) is 3. The summed E-state index contributed by atoms with van der Waals surface area (Å²) in [5.74, 6) is -0.205. The van der Waals surface area contributed by atoms with Gasteiger partial charge in [0.15, 0.2) is 0 Å². The molecule has 1 aliphatic heterocycles. The number of nitrogens with one attached hydrogen (secondary N) is 2. The topological polar surface area (TPSA) is 78.5 Å². The van der Waals surface area contributed by atoms with Crippen LogP contribution in [0.5, 0.6) is 0 Å². The molecule has 0 bridgehead atoms. The Balaban J connectivity index is 1.61. The van der Waals surface area contributed by atoms with Gasteiger partial charge >= 0.3 is 0 Å². The van der Waals surface area contributed by atoms with E-state index >= 15 is 0 Å². The predicted octanol–water partition coefficient (Wildman–Crippen LogP) is 2.42. The van der Waals surface area contributed by atoms with Crippen molar-refractivity contribution in [2.75, 3.05) is 18.9 Å². The lowest BCUT2D eigenvalue weighted by atomic mass is 10.1. The zero-order valence-corrected chi connectivity index (χ0v) is 14.6. The van der Waals surface area contributed by atoms with Gasteiger partial charge in [0.2, 0.25) is 5.91 Å². The summed E-state index contributed by atoms with van der Waals surface area (Å²) in [4.78, 5) is 37.4. The Hall–Kier alpha value is -3.15. The van der Waals surface area contributed by atoms with E-state index in [4.69, 9.17) is 0 Å². The van der Waals surface area contributed by atoms with E-state index in [-0.39, 0.29) is 17.7 Å². The monoisotopic (exact) mass is 351 g/mol. The minimum atomic E-state index is -0.221. The van der Waals surface area contributed by atoms with Crippen molar-refractivity contribution in [3.8, 4) is 0 Å². The van der Waals surface area contributed by atoms with Crippen molar-refractivity contribution in [1.29, 1.82) is 0 Å². The van der Waals surface area contributed by atoms with Crippen LogP contribution in [0.1, 0.15) is 39.1 Å². The van der Waals surface area contributed by atoms with Crippen LogP contribution < -0.4 is 10.6 Å². The maximum Gasteiger partial charge on any atom is 0.255 e. The average molecular weight is 351 g/mol. The number of rotatable bonds is 5. The fourth-order valence-corrected chi connectivity index (χ4v) is 2.91. The predicted molar refractivity (Wildman–Crippen MR) is 98.9 cm³/mol. The van der Waals surface area contributed by atoms with Crippen molar-refractivity contribution in [1.82, 2.24) is 10.2 Å². The zero-order valence-electron chi connectivity index (χ0n) is 14.6. The van der Waals surface area contributed by atoms with Crippen molar-refractivity contribution in [3.05, 3.63) is 65.2 Å². The summed E-state index contributed by atoms with van der Waals surface area (Å²) >= 11 is 0. The van der Waals surface area contributed by atoms with Gasteiger partial charge in [-0.3, -0.25) is 14.4 Å². The van der Waals surface area contributed by atoms with Gasteiger partial charge in [-0.05, 0) is 48.4 Å². The lowest BCUT2D eigenvalue weighted by Crippen LogP contribution is -2.23. The Bertz CT molecular complexity index is 813. The molecule has 1 heterocycles. The van der Waals surface area contributed by atoms with E-state index in [9.17, 15) is 14.4 Å². The van der Waals surface area contributed by atoms with Crippen LogP contribution in [-0.4, -0.2) is 36.2 Å². The molecule has 0 aliphatic carbocycles. The number of nitrogens with zero attached hydrogens (tertiary/aromatic N) is 1. The van der Waals surface area contributed by atoms with Crippen molar-refractivity contribution in [2.45, 2.75) is 19.4 Å². The number of hydrogen-bond donors (Lipinski definition) is 2. The quantitative estimate of drug-likeness (QED) is 0.868. The largest absolute Gasteiger partial charge is 0.355 e. The SMILES string of the molecule is CNC(=O)c1ccc(NC(=O)c2ccc(CN3CCCC3=O)cc2)cc1. The molecule has 3 amide bonds. The van der Waals surface area contributed by atoms with Gasteiger partial charge in [0.05, 0.1) is 0 Å². The molecule has 1 fully saturated rings. The summed E-state index contributed by atoms with van der Waals surface area (Å²) in [6, 6.07) is 13.9. The maximum atomic E-state index is 12.3. The molecule has 3 rings (SSSR count). The highest BCUT2D eigenvalue weighted by Crippen LogP contribution is 2.16. The van der Waals surface area contributed by atoms with Crippen LogP contribution in [0.25, 0.3) is 0 Å². The molecule has 0 spiro atoms. The molecular formula is C20H21N3O3. The Morgan fingerprint density at radius 2 is 1.58 bits per heavy atom. The van der Waals surface area contributed by atoms with E-state index < -0.39 is 0 Å². The van der Waals surface area contributed by atoms with Crippen molar-refractivity contribution >= 4 is 23.4 Å². The lowest BCUT2D eigenvalue weighted by Gasteiger charge is -2.15. The summed E-state index contributed by atoms with van der Waals surface area (Å²) in [5.41, 5.74) is 2.70. The van der Waals surface area contributed by atoms with Crippen molar-refractivity contribution in [3.63, 3.8) is 0 Å². The smallest absolute Gasteiger partial charge is 0.255 e. The number of carbonyl (C=O) groups is 3. The summed E-state index contributed by atoms with van der Waals surface area (Å²) in [5, 5.41) is 5.36. The molecule has 0 atom stereocenters. The van der Waals surface area contributed by atoms with Gasteiger partial charge in [-0.2, -0.15) is 0 Å². The highest BCUT2D eigenvalue weighted by Gasteiger charge is 2.20. The first-order chi connectivity index (χ1) is 12.6. The Labute approximate surface area is 152 Å². The van der Waals surface area contributed by atoms with Gasteiger partial charge in [0, 0.05) is 43.4 Å². The van der Waals surface area contributed by atoms with E-state index in [1.165, 1.54) is 0 Å². The number of benzene rings is 2. The van der Waals surface area contributed by atoms with Crippen LogP contribution in [0, 0.1) is 0 Å². The molecule has 2 N–H and O–H groups in total. The average Bonchev–Trinajstić information content (AvgIpc) is 3.07. The third-order valence-electron chi connectivity index (χ3n) is 4.39. The molecule has 0 radical (unpaired) electrons. The van der Waals surface area contributed by atoms with Crippen LogP contribution in [0.2, 0.25) is 0 Å². The van der Waals surface area contributed by atoms with Gasteiger partial charge in [0.25, 0.3) is 11.8 Å². The summed E-state index contributed by atoms with van der Waals surface area (Å²) in [6.45, 7) is 1.38. The number of carbonyl (C=O) groups excluding carboxylic acids is 3. The molecular weight excluding hydrogens is 330 g/mol. The molecule has 6 heteroatoms. The van der Waals surface area contributed by atoms with Gasteiger partial charge in [-0.1, -0.05) is 12.1 Å². The highest BCUT2D eigenvalue weighted by molar-refractivity contribution is 6.04. The van der Waals surface area contributed by atoms with E-state index in [1.54, 1.807) is 43.4 Å². The van der Waals surface area contributed by atoms with Gasteiger partial charge < -0.3 is 15.5 Å². The molecule has 26 heavy (non-hydrogen) atoms. The van der Waals surface area contributed by atoms with Crippen LogP contribution in [-0.2, 0) is 11.3 Å². The maximum absolute atomic E-state index is 12.3. The molecule has 1 saturated heterocycles. The molecule has 0 aromatic heterocycles. The van der Waals surface area contributed by atoms with Crippen molar-refractivity contribution in [2.24, 2.45) is 0 Å². The lowest BCUT2D eigenvalue weighted by molar-refractivity contribution is -0.128. The second-order valence-corrected chi connectivity index (χ2v) is 6.23. The van der Waals surface area contributed by atoms with E-state index in [2.05, 4.69) is 10.6 Å². The Kier molecular flexibility index (Phi) is 5.31. The Morgan fingerprint density at radius 3 is 2.15 bits per heavy atom. The fourth-order valence-electron chi connectivity index (χ4n) is 2.91. The zero-order chi connectivity index (χ0) is 18.5. The standard InChI is InChI=1S/C20H21N3O3/c1-21-19(25)15-8-10-17(11-9-15)22-20(26)16-6-4-14(5-7-16)13-23-12-2-3-18(23)24/h4-11H,2-3,12-13H2,1H3,(H,21,25)(H,22,26). The van der Waals surface area contributed by atoms with Crippen LogP contribution in [0.3, 0.4) is 0 Å². The molecule has 0 unspecified atom stereocenters. The third-order valence-corrected chi connectivity index (χ3v) is 4.39. The first-order valence-corrected chi connectivity index (χ1v) is 8.57. The van der Waals surface area contributed by atoms with Crippen molar-refractivity contribution < 1.29 is 14.4 Å². The van der Waals surface area contributed by atoms with Gasteiger partial charge in [0.1, 0.15) is 0 Å². The van der Waals surface area contributed by atoms with Gasteiger partial charge in [-0.25, -0.2) is 0 Å². The van der Waals surface area contributed by atoms with Crippen LogP contribution >= 0.6 is 0 Å². The molecule has 0 saturated carbocycles. The van der Waals surface area contributed by atoms with Crippen LogP contribution in [0.4, 0.5) is 5.69 Å². The molecule has 1 aliphatic rings. The number of likely N-dealkylation sites (tertiary alicyclic amines) is 1. The molecule has 2 aromatic rings. The minimum Gasteiger partial charge on any atom is -0.355 e. The van der Waals surface area contributed by atoms with E-state index in [0.717, 1.165) is 18.5 Å². The molecule has 2 aromatic carbocycles. The fraction of sp³-hybridized carbons (Fsp3) is 0.250. The summed E-state index contributed by atoms with van der Waals surface area (Å²) < 4.78 is 0. The summed E-state index contributed by atoms with van der Waals surface area (Å²) in [6.07, 6.45) is 1.54. The minimum absolute atomic E-state index is 0.171. The number of anilines is 1. The third kappa shape index (κ3) is 4.08. The normalized spacial score (nSPS) is 13.6. The molecule has 6 nitrogen and oxygen atoms in total. The second kappa shape index (κ2) is 7.82. The number of amides is 3. The summed E-state index contributed by atoms with van der Waals surface area (Å²) in [7, 11) is 1.57. The first kappa shape index (κ1) is 17.7. The van der Waals surface area contributed by atoms with Gasteiger partial charge in [-0.15, -0.1) is 0 Å². The van der Waals surface area contributed by atoms with E-state index in [1.807, 2.05) is 17.0 Å². The van der Waals surface area contributed by atoms with E-state index in [0.29, 0.717) is 29.8 Å². The molecule has 134 valence electrons. The first-order valence-electron chi connectivity index (χ1n) is 8.57. The van der Waals surface area contributed by atoms with Crippen LogP contribution in [0.15, 0.2) is 48.5 Å². The highest BCUT2D eigenvalue weighted by atomic mass is 16.2. The second-order valence-electron chi connectivity index (χ2n) is 6.23. The Morgan fingerprint density at radius 1 is 0.962 bits per heavy atom.